The molecule has 0 unspecified atom stereocenters. The minimum atomic E-state index is -0.729. The maximum absolute atomic E-state index is 13.5. The summed E-state index contributed by atoms with van der Waals surface area (Å²) in [6, 6.07) is 1.66. The summed E-state index contributed by atoms with van der Waals surface area (Å²) < 4.78 is 18.3. The summed E-state index contributed by atoms with van der Waals surface area (Å²) in [5.41, 5.74) is 6.48. The van der Waals surface area contributed by atoms with Gasteiger partial charge < -0.3 is 15.6 Å². The van der Waals surface area contributed by atoms with E-state index in [0.717, 1.165) is 0 Å². The molecule has 0 spiro atoms. The number of aryl methyl sites for hydroxylation is 1. The normalized spacial score (nSPS) is 10.3. The fourth-order valence-corrected chi connectivity index (χ4v) is 1.37. The van der Waals surface area contributed by atoms with Gasteiger partial charge in [0.2, 0.25) is 5.82 Å². The lowest BCUT2D eigenvalue weighted by Gasteiger charge is -2.12. The number of nitrogens with two attached hydrogens (primary N) is 1. The number of hydrogen-bond donors (Lipinski definition) is 2. The first kappa shape index (κ1) is 10.8. The van der Waals surface area contributed by atoms with Gasteiger partial charge in [0, 0.05) is 12.1 Å². The molecule has 78 valence electrons. The van der Waals surface area contributed by atoms with E-state index in [-0.39, 0.29) is 12.3 Å². The lowest BCUT2D eigenvalue weighted by atomic mass is 10.1. The van der Waals surface area contributed by atoms with Crippen molar-refractivity contribution in [1.82, 2.24) is 0 Å². The first-order valence-electron chi connectivity index (χ1n) is 4.42. The third-order valence-electron chi connectivity index (χ3n) is 2.16. The van der Waals surface area contributed by atoms with Crippen LogP contribution in [0, 0.1) is 5.82 Å². The standard InChI is InChI=1S/C10H14FNO2/c1-3-6-4-7(5-12)9(13)8(11)10(6)14-2/h4,13H,3,5,12H2,1-2H3. The van der Waals surface area contributed by atoms with Crippen molar-refractivity contribution in [2.45, 2.75) is 19.9 Å². The summed E-state index contributed by atoms with van der Waals surface area (Å²) in [7, 11) is 1.37. The first-order chi connectivity index (χ1) is 6.65. The van der Waals surface area contributed by atoms with E-state index in [2.05, 4.69) is 0 Å². The Balaban J connectivity index is 3.38. The number of ether oxygens (including phenoxy) is 1. The highest BCUT2D eigenvalue weighted by Crippen LogP contribution is 2.33. The van der Waals surface area contributed by atoms with Crippen LogP contribution in [0.15, 0.2) is 6.07 Å². The summed E-state index contributed by atoms with van der Waals surface area (Å²) in [4.78, 5) is 0. The number of phenols is 1. The van der Waals surface area contributed by atoms with Gasteiger partial charge in [-0.05, 0) is 18.1 Å². The Morgan fingerprint density at radius 3 is 2.57 bits per heavy atom. The maximum Gasteiger partial charge on any atom is 0.207 e. The Morgan fingerprint density at radius 2 is 2.14 bits per heavy atom. The van der Waals surface area contributed by atoms with Gasteiger partial charge in [-0.3, -0.25) is 0 Å². The molecule has 0 radical (unpaired) electrons. The molecule has 0 amide bonds. The Morgan fingerprint density at radius 1 is 1.50 bits per heavy atom. The quantitative estimate of drug-likeness (QED) is 0.776. The van der Waals surface area contributed by atoms with Crippen LogP contribution in [0.25, 0.3) is 0 Å². The summed E-state index contributed by atoms with van der Waals surface area (Å²) in [6.07, 6.45) is 0.632. The molecule has 0 bridgehead atoms. The highest BCUT2D eigenvalue weighted by Gasteiger charge is 2.16. The van der Waals surface area contributed by atoms with Gasteiger partial charge in [-0.1, -0.05) is 6.92 Å². The zero-order valence-corrected chi connectivity index (χ0v) is 8.30. The van der Waals surface area contributed by atoms with Crippen molar-refractivity contribution >= 4 is 0 Å². The van der Waals surface area contributed by atoms with Crippen LogP contribution in [-0.2, 0) is 13.0 Å². The summed E-state index contributed by atoms with van der Waals surface area (Å²) in [6.45, 7) is 1.99. The van der Waals surface area contributed by atoms with Gasteiger partial charge in [-0.2, -0.15) is 4.39 Å². The maximum atomic E-state index is 13.5. The highest BCUT2D eigenvalue weighted by atomic mass is 19.1. The zero-order chi connectivity index (χ0) is 10.7. The third kappa shape index (κ3) is 1.65. The smallest absolute Gasteiger partial charge is 0.207 e. The molecule has 14 heavy (non-hydrogen) atoms. The van der Waals surface area contributed by atoms with Crippen LogP contribution in [0.1, 0.15) is 18.1 Å². The van der Waals surface area contributed by atoms with Crippen molar-refractivity contribution in [3.8, 4) is 11.5 Å². The van der Waals surface area contributed by atoms with E-state index in [1.54, 1.807) is 6.07 Å². The Labute approximate surface area is 82.3 Å². The van der Waals surface area contributed by atoms with Gasteiger partial charge in [0.1, 0.15) is 0 Å². The van der Waals surface area contributed by atoms with E-state index in [4.69, 9.17) is 10.5 Å². The molecule has 3 N–H and O–H groups in total. The molecular formula is C10H14FNO2. The molecule has 0 atom stereocenters. The number of methoxy groups -OCH3 is 1. The Hall–Kier alpha value is -1.29. The summed E-state index contributed by atoms with van der Waals surface area (Å²) in [5.74, 6) is -1.05. The van der Waals surface area contributed by atoms with Crippen LogP contribution in [0.3, 0.4) is 0 Å². The molecule has 0 aromatic heterocycles. The van der Waals surface area contributed by atoms with Crippen molar-refractivity contribution in [3.63, 3.8) is 0 Å². The average Bonchev–Trinajstić information content (AvgIpc) is 2.21. The lowest BCUT2D eigenvalue weighted by Crippen LogP contribution is -2.02. The predicted octanol–water partition coefficient (Wildman–Crippen LogP) is 1.56. The number of rotatable bonds is 3. The molecule has 1 aromatic rings. The molecule has 0 saturated carbocycles. The van der Waals surface area contributed by atoms with Crippen molar-refractivity contribution < 1.29 is 14.2 Å². The van der Waals surface area contributed by atoms with E-state index < -0.39 is 11.6 Å². The minimum absolute atomic E-state index is 0.0993. The largest absolute Gasteiger partial charge is 0.504 e. The molecule has 0 saturated heterocycles. The van der Waals surface area contributed by atoms with Crippen LogP contribution in [0.5, 0.6) is 11.5 Å². The van der Waals surface area contributed by atoms with Gasteiger partial charge in [0.05, 0.1) is 7.11 Å². The van der Waals surface area contributed by atoms with E-state index in [1.165, 1.54) is 7.11 Å². The number of phenolic OH excluding ortho intramolecular Hbond substituents is 1. The van der Waals surface area contributed by atoms with Crippen LogP contribution in [0.4, 0.5) is 4.39 Å². The van der Waals surface area contributed by atoms with E-state index in [1.807, 2.05) is 6.92 Å². The van der Waals surface area contributed by atoms with Gasteiger partial charge in [-0.15, -0.1) is 0 Å². The predicted molar refractivity (Wildman–Crippen MR) is 51.9 cm³/mol. The zero-order valence-electron chi connectivity index (χ0n) is 8.30. The number of halogens is 1. The molecule has 3 nitrogen and oxygen atoms in total. The molecule has 1 aromatic carbocycles. The third-order valence-corrected chi connectivity index (χ3v) is 2.16. The molecule has 4 heteroatoms. The topological polar surface area (TPSA) is 55.5 Å². The fourth-order valence-electron chi connectivity index (χ4n) is 1.37. The van der Waals surface area contributed by atoms with Crippen molar-refractivity contribution in [2.75, 3.05) is 7.11 Å². The van der Waals surface area contributed by atoms with E-state index in [0.29, 0.717) is 17.5 Å². The van der Waals surface area contributed by atoms with Gasteiger partial charge in [0.15, 0.2) is 11.5 Å². The molecule has 0 heterocycles. The van der Waals surface area contributed by atoms with Gasteiger partial charge in [0.25, 0.3) is 0 Å². The van der Waals surface area contributed by atoms with Crippen LogP contribution < -0.4 is 10.5 Å². The summed E-state index contributed by atoms with van der Waals surface area (Å²) >= 11 is 0. The Kier molecular flexibility index (Phi) is 3.30. The van der Waals surface area contributed by atoms with Gasteiger partial charge in [-0.25, -0.2) is 0 Å². The molecule has 1 rings (SSSR count). The molecule has 0 aliphatic heterocycles. The van der Waals surface area contributed by atoms with E-state index in [9.17, 15) is 9.50 Å². The molecular weight excluding hydrogens is 185 g/mol. The minimum Gasteiger partial charge on any atom is -0.504 e. The number of hydrogen-bond acceptors (Lipinski definition) is 3. The second-order valence-corrected chi connectivity index (χ2v) is 2.95. The Bertz CT molecular complexity index is 339. The van der Waals surface area contributed by atoms with E-state index >= 15 is 0 Å². The lowest BCUT2D eigenvalue weighted by molar-refractivity contribution is 0.358. The van der Waals surface area contributed by atoms with Crippen molar-refractivity contribution in [2.24, 2.45) is 5.73 Å². The molecule has 0 aliphatic rings. The molecule has 0 fully saturated rings. The summed E-state index contributed by atoms with van der Waals surface area (Å²) in [5, 5.41) is 9.39. The monoisotopic (exact) mass is 199 g/mol. The second kappa shape index (κ2) is 4.28. The number of benzene rings is 1. The van der Waals surface area contributed by atoms with Crippen molar-refractivity contribution in [3.05, 3.63) is 23.0 Å². The first-order valence-corrected chi connectivity index (χ1v) is 4.42. The second-order valence-electron chi connectivity index (χ2n) is 2.95. The van der Waals surface area contributed by atoms with Crippen LogP contribution in [-0.4, -0.2) is 12.2 Å². The fraction of sp³-hybridized carbons (Fsp3) is 0.400. The van der Waals surface area contributed by atoms with Gasteiger partial charge >= 0.3 is 0 Å². The molecule has 0 aliphatic carbocycles. The highest BCUT2D eigenvalue weighted by molar-refractivity contribution is 5.47. The van der Waals surface area contributed by atoms with Crippen molar-refractivity contribution in [1.29, 1.82) is 0 Å². The van der Waals surface area contributed by atoms with Crippen LogP contribution >= 0.6 is 0 Å². The average molecular weight is 199 g/mol. The number of aromatic hydroxyl groups is 1. The SMILES string of the molecule is CCc1cc(CN)c(O)c(F)c1OC. The van der Waals surface area contributed by atoms with Crippen LogP contribution in [0.2, 0.25) is 0 Å².